The number of hydrogen-bond acceptors (Lipinski definition) is 4. The van der Waals surface area contributed by atoms with Crippen molar-refractivity contribution < 1.29 is 13.2 Å². The van der Waals surface area contributed by atoms with Gasteiger partial charge in [0.15, 0.2) is 9.84 Å². The van der Waals surface area contributed by atoms with Crippen LogP contribution in [0.15, 0.2) is 30.3 Å². The highest BCUT2D eigenvalue weighted by Gasteiger charge is 2.22. The number of carbonyl (C=O) groups excluding carboxylic acids is 1. The van der Waals surface area contributed by atoms with Crippen LogP contribution in [0.3, 0.4) is 0 Å². The minimum absolute atomic E-state index is 0.0580. The zero-order valence-corrected chi connectivity index (χ0v) is 14.5. The minimum Gasteiger partial charge on any atom is -0.354 e. The predicted molar refractivity (Wildman–Crippen MR) is 92.2 cm³/mol. The third-order valence-corrected chi connectivity index (χ3v) is 5.87. The Hall–Kier alpha value is -1.40. The lowest BCUT2D eigenvalue weighted by Gasteiger charge is -2.26. The Morgan fingerprint density at radius 2 is 1.87 bits per heavy atom. The molecule has 0 unspecified atom stereocenters. The summed E-state index contributed by atoms with van der Waals surface area (Å²) in [5.74, 6) is 0.401. The summed E-state index contributed by atoms with van der Waals surface area (Å²) in [5.41, 5.74) is 1.05. The van der Waals surface area contributed by atoms with Gasteiger partial charge in [0.2, 0.25) is 5.91 Å². The predicted octanol–water partition coefficient (Wildman–Crippen LogP) is 1.42. The molecule has 1 N–H and O–H groups in total. The Bertz CT molecular complexity index is 588. The van der Waals surface area contributed by atoms with Crippen LogP contribution < -0.4 is 5.32 Å². The van der Waals surface area contributed by atoms with E-state index in [1.54, 1.807) is 0 Å². The second-order valence-corrected chi connectivity index (χ2v) is 8.34. The highest BCUT2D eigenvalue weighted by molar-refractivity contribution is 7.91. The Morgan fingerprint density at radius 1 is 1.22 bits per heavy atom. The first-order valence-electron chi connectivity index (χ1n) is 8.27. The average molecular weight is 338 g/mol. The van der Waals surface area contributed by atoms with Crippen molar-refractivity contribution in [3.8, 4) is 0 Å². The zero-order chi connectivity index (χ0) is 16.7. The molecule has 1 aromatic rings. The fourth-order valence-electron chi connectivity index (χ4n) is 2.86. The maximum Gasteiger partial charge on any atom is 0.227 e. The molecule has 128 valence electrons. The topological polar surface area (TPSA) is 66.5 Å². The summed E-state index contributed by atoms with van der Waals surface area (Å²) in [6.07, 6.45) is 1.79. The van der Waals surface area contributed by atoms with Crippen LogP contribution in [0.5, 0.6) is 0 Å². The molecule has 0 aliphatic carbocycles. The first-order chi connectivity index (χ1) is 11.0. The SMILES string of the molecule is CCC[C@H](C(=O)NCCN1CCS(=O)(=O)CC1)c1ccccc1. The van der Waals surface area contributed by atoms with Crippen molar-refractivity contribution in [3.63, 3.8) is 0 Å². The van der Waals surface area contributed by atoms with E-state index in [9.17, 15) is 13.2 Å². The third-order valence-electron chi connectivity index (χ3n) is 4.26. The van der Waals surface area contributed by atoms with Crippen molar-refractivity contribution in [2.45, 2.75) is 25.7 Å². The summed E-state index contributed by atoms with van der Waals surface area (Å²) >= 11 is 0. The molecule has 1 saturated heterocycles. The molecular weight excluding hydrogens is 312 g/mol. The first-order valence-corrected chi connectivity index (χ1v) is 10.1. The van der Waals surface area contributed by atoms with E-state index < -0.39 is 9.84 Å². The second-order valence-electron chi connectivity index (χ2n) is 6.04. The smallest absolute Gasteiger partial charge is 0.227 e. The normalized spacial score (nSPS) is 19.2. The summed E-state index contributed by atoms with van der Waals surface area (Å²) in [6, 6.07) is 9.86. The van der Waals surface area contributed by atoms with Crippen LogP contribution in [0.2, 0.25) is 0 Å². The van der Waals surface area contributed by atoms with Crippen LogP contribution in [0.1, 0.15) is 31.2 Å². The molecule has 1 aliphatic heterocycles. The second kappa shape index (κ2) is 8.45. The summed E-state index contributed by atoms with van der Waals surface area (Å²) < 4.78 is 22.8. The number of nitrogens with zero attached hydrogens (tertiary/aromatic N) is 1. The summed E-state index contributed by atoms with van der Waals surface area (Å²) in [5, 5.41) is 3.00. The van der Waals surface area contributed by atoms with Crippen LogP contribution >= 0.6 is 0 Å². The van der Waals surface area contributed by atoms with Crippen molar-refractivity contribution in [3.05, 3.63) is 35.9 Å². The van der Waals surface area contributed by atoms with Gasteiger partial charge in [0.25, 0.3) is 0 Å². The average Bonchev–Trinajstić information content (AvgIpc) is 2.55. The summed E-state index contributed by atoms with van der Waals surface area (Å²) in [6.45, 7) is 4.47. The molecule has 2 rings (SSSR count). The molecule has 1 amide bonds. The van der Waals surface area contributed by atoms with Gasteiger partial charge in [-0.2, -0.15) is 0 Å². The lowest BCUT2D eigenvalue weighted by Crippen LogP contribution is -2.44. The molecule has 1 heterocycles. The van der Waals surface area contributed by atoms with Crippen molar-refractivity contribution >= 4 is 15.7 Å². The van der Waals surface area contributed by atoms with Crippen molar-refractivity contribution in [2.24, 2.45) is 0 Å². The van der Waals surface area contributed by atoms with Crippen molar-refractivity contribution in [2.75, 3.05) is 37.7 Å². The fourth-order valence-corrected chi connectivity index (χ4v) is 4.13. The maximum atomic E-state index is 12.5. The Labute approximate surface area is 139 Å². The molecule has 0 radical (unpaired) electrons. The molecule has 1 aromatic carbocycles. The molecule has 0 aromatic heterocycles. The third kappa shape index (κ3) is 5.62. The standard InChI is InChI=1S/C17H26N2O3S/c1-2-6-16(15-7-4-3-5-8-15)17(20)18-9-10-19-11-13-23(21,22)14-12-19/h3-5,7-8,16H,2,6,9-14H2,1H3,(H,18,20)/t16-/m0/s1. The highest BCUT2D eigenvalue weighted by atomic mass is 32.2. The van der Waals surface area contributed by atoms with Crippen LogP contribution in [-0.2, 0) is 14.6 Å². The van der Waals surface area contributed by atoms with Gasteiger partial charge in [-0.25, -0.2) is 8.42 Å². The van der Waals surface area contributed by atoms with E-state index in [0.717, 1.165) is 18.4 Å². The van der Waals surface area contributed by atoms with Gasteiger partial charge < -0.3 is 5.32 Å². The minimum atomic E-state index is -2.84. The van der Waals surface area contributed by atoms with Crippen LogP contribution in [0.25, 0.3) is 0 Å². The first kappa shape index (κ1) is 17.9. The number of carbonyl (C=O) groups is 1. The largest absolute Gasteiger partial charge is 0.354 e. The quantitative estimate of drug-likeness (QED) is 0.816. The molecular formula is C17H26N2O3S. The number of nitrogens with one attached hydrogen (secondary N) is 1. The van der Waals surface area contributed by atoms with Gasteiger partial charge in [0.1, 0.15) is 0 Å². The number of hydrogen-bond donors (Lipinski definition) is 1. The van der Waals surface area contributed by atoms with Crippen LogP contribution in [-0.4, -0.2) is 56.9 Å². The van der Waals surface area contributed by atoms with Gasteiger partial charge >= 0.3 is 0 Å². The van der Waals surface area contributed by atoms with Crippen LogP contribution in [0, 0.1) is 0 Å². The molecule has 0 bridgehead atoms. The monoisotopic (exact) mass is 338 g/mol. The Morgan fingerprint density at radius 3 is 2.48 bits per heavy atom. The van der Waals surface area contributed by atoms with Gasteiger partial charge in [-0.3, -0.25) is 9.69 Å². The van der Waals surface area contributed by atoms with Crippen LogP contribution in [0.4, 0.5) is 0 Å². The Kier molecular flexibility index (Phi) is 6.59. The lowest BCUT2D eigenvalue weighted by atomic mass is 9.94. The maximum absolute atomic E-state index is 12.5. The molecule has 1 atom stereocenters. The molecule has 0 saturated carbocycles. The highest BCUT2D eigenvalue weighted by Crippen LogP contribution is 2.21. The molecule has 6 heteroatoms. The van der Waals surface area contributed by atoms with E-state index in [1.807, 2.05) is 30.3 Å². The number of benzene rings is 1. The summed E-state index contributed by atoms with van der Waals surface area (Å²) in [7, 11) is -2.84. The molecule has 1 aliphatic rings. The van der Waals surface area contributed by atoms with E-state index in [1.165, 1.54) is 0 Å². The summed E-state index contributed by atoms with van der Waals surface area (Å²) in [4.78, 5) is 14.5. The van der Waals surface area contributed by atoms with E-state index in [-0.39, 0.29) is 23.3 Å². The molecule has 23 heavy (non-hydrogen) atoms. The fraction of sp³-hybridized carbons (Fsp3) is 0.588. The van der Waals surface area contributed by atoms with Gasteiger partial charge in [-0.1, -0.05) is 43.7 Å². The van der Waals surface area contributed by atoms with E-state index in [2.05, 4.69) is 17.1 Å². The van der Waals surface area contributed by atoms with Gasteiger partial charge in [0, 0.05) is 26.2 Å². The molecule has 0 spiro atoms. The lowest BCUT2D eigenvalue weighted by molar-refractivity contribution is -0.122. The number of rotatable bonds is 7. The molecule has 5 nitrogen and oxygen atoms in total. The number of amides is 1. The van der Waals surface area contributed by atoms with Gasteiger partial charge in [-0.15, -0.1) is 0 Å². The molecule has 1 fully saturated rings. The van der Waals surface area contributed by atoms with E-state index in [0.29, 0.717) is 26.2 Å². The zero-order valence-electron chi connectivity index (χ0n) is 13.7. The van der Waals surface area contributed by atoms with Crippen molar-refractivity contribution in [1.29, 1.82) is 0 Å². The number of sulfone groups is 1. The van der Waals surface area contributed by atoms with E-state index >= 15 is 0 Å². The van der Waals surface area contributed by atoms with Gasteiger partial charge in [-0.05, 0) is 12.0 Å². The van der Waals surface area contributed by atoms with E-state index in [4.69, 9.17) is 0 Å². The Balaban J connectivity index is 1.81. The van der Waals surface area contributed by atoms with Crippen molar-refractivity contribution in [1.82, 2.24) is 10.2 Å². The van der Waals surface area contributed by atoms with Gasteiger partial charge in [0.05, 0.1) is 17.4 Å².